The number of aromatic nitrogens is 1. The zero-order chi connectivity index (χ0) is 17.0. The zero-order valence-electron chi connectivity index (χ0n) is 13.8. The van der Waals surface area contributed by atoms with Crippen molar-refractivity contribution >= 4 is 19.9 Å². The van der Waals surface area contributed by atoms with Gasteiger partial charge in [-0.15, -0.1) is 5.54 Å². The number of carbonyl (C=O) groups excluding carboxylic acids is 1. The van der Waals surface area contributed by atoms with E-state index >= 15 is 0 Å². The molecule has 0 aliphatic carbocycles. The number of nitrogens with two attached hydrogens (primary N) is 1. The molecule has 0 amide bonds. The van der Waals surface area contributed by atoms with E-state index in [4.69, 9.17) is 10.5 Å². The van der Waals surface area contributed by atoms with Gasteiger partial charge >= 0.3 is 5.97 Å². The molecule has 0 fully saturated rings. The van der Waals surface area contributed by atoms with Crippen LogP contribution >= 0.6 is 0 Å². The van der Waals surface area contributed by atoms with Gasteiger partial charge in [-0.3, -0.25) is 0 Å². The number of ether oxygens (including phenoxy) is 1. The molecule has 0 bridgehead atoms. The normalized spacial score (nSPS) is 10.6. The summed E-state index contributed by atoms with van der Waals surface area (Å²) in [5.41, 5.74) is 12.2. The van der Waals surface area contributed by atoms with Gasteiger partial charge in [0.25, 0.3) is 0 Å². The number of anilines is 1. The third kappa shape index (κ3) is 4.44. The highest BCUT2D eigenvalue weighted by atomic mass is 28.3. The van der Waals surface area contributed by atoms with E-state index < -0.39 is 8.07 Å². The van der Waals surface area contributed by atoms with Crippen molar-refractivity contribution in [1.29, 1.82) is 0 Å². The predicted octanol–water partition coefficient (Wildman–Crippen LogP) is 3.35. The summed E-state index contributed by atoms with van der Waals surface area (Å²) in [5, 5.41) is 0. The fourth-order valence-corrected chi connectivity index (χ4v) is 2.44. The van der Waals surface area contributed by atoms with Gasteiger partial charge in [0.05, 0.1) is 18.2 Å². The molecule has 2 N–H and O–H groups in total. The molecule has 0 spiro atoms. The Kier molecular flexibility index (Phi) is 4.87. The van der Waals surface area contributed by atoms with E-state index in [0.29, 0.717) is 16.9 Å². The summed E-state index contributed by atoms with van der Waals surface area (Å²) in [7, 11) is -0.129. The monoisotopic (exact) mass is 324 g/mol. The van der Waals surface area contributed by atoms with Crippen LogP contribution < -0.4 is 5.73 Å². The number of hydrogen-bond acceptors (Lipinski definition) is 4. The largest absolute Gasteiger partial charge is 0.465 e. The minimum atomic E-state index is -1.49. The maximum Gasteiger partial charge on any atom is 0.337 e. The topological polar surface area (TPSA) is 65.2 Å². The lowest BCUT2D eigenvalue weighted by Gasteiger charge is -2.07. The molecule has 1 aromatic carbocycles. The molecular weight excluding hydrogens is 304 g/mol. The van der Waals surface area contributed by atoms with Crippen molar-refractivity contribution in [3.05, 3.63) is 47.7 Å². The smallest absolute Gasteiger partial charge is 0.337 e. The van der Waals surface area contributed by atoms with Crippen LogP contribution in [-0.2, 0) is 4.74 Å². The first-order valence-electron chi connectivity index (χ1n) is 7.27. The van der Waals surface area contributed by atoms with Crippen LogP contribution in [0.25, 0.3) is 11.1 Å². The summed E-state index contributed by atoms with van der Waals surface area (Å²) < 4.78 is 4.75. The molecule has 0 atom stereocenters. The van der Waals surface area contributed by atoms with Gasteiger partial charge in [-0.2, -0.15) is 0 Å². The number of benzene rings is 1. The minimum absolute atomic E-state index is 0.367. The summed E-state index contributed by atoms with van der Waals surface area (Å²) in [6, 6.07) is 9.12. The van der Waals surface area contributed by atoms with Crippen LogP contribution in [0, 0.1) is 11.5 Å². The van der Waals surface area contributed by atoms with Gasteiger partial charge in [0.2, 0.25) is 0 Å². The summed E-state index contributed by atoms with van der Waals surface area (Å²) >= 11 is 0. The minimum Gasteiger partial charge on any atom is -0.465 e. The number of rotatable bonds is 2. The van der Waals surface area contributed by atoms with Crippen molar-refractivity contribution in [1.82, 2.24) is 4.98 Å². The van der Waals surface area contributed by atoms with Crippen molar-refractivity contribution < 1.29 is 9.53 Å². The molecule has 0 aliphatic rings. The standard InChI is InChI=1S/C18H20N2O2Si/c1-22-18(21)15-7-5-6-13(10-15)16-11-14(17(19)20-12-16)8-9-23(2,3)4/h5-7,10-12H,1-4H3,(H2,19,20). The van der Waals surface area contributed by atoms with Crippen molar-refractivity contribution in [2.24, 2.45) is 0 Å². The first-order valence-corrected chi connectivity index (χ1v) is 10.8. The highest BCUT2D eigenvalue weighted by molar-refractivity contribution is 6.83. The molecule has 0 aliphatic heterocycles. The Hall–Kier alpha value is -2.58. The molecule has 0 radical (unpaired) electrons. The van der Waals surface area contributed by atoms with Gasteiger partial charge in [-0.05, 0) is 23.8 Å². The van der Waals surface area contributed by atoms with E-state index in [9.17, 15) is 4.79 Å². The van der Waals surface area contributed by atoms with E-state index in [-0.39, 0.29) is 5.97 Å². The number of nitrogen functional groups attached to an aromatic ring is 1. The number of nitrogens with zero attached hydrogens (tertiary/aromatic N) is 1. The zero-order valence-corrected chi connectivity index (χ0v) is 14.8. The maximum atomic E-state index is 11.7. The van der Waals surface area contributed by atoms with E-state index in [0.717, 1.165) is 11.1 Å². The van der Waals surface area contributed by atoms with Gasteiger partial charge in [-0.25, -0.2) is 9.78 Å². The second-order valence-corrected chi connectivity index (χ2v) is 11.0. The SMILES string of the molecule is COC(=O)c1cccc(-c2cnc(N)c(C#C[Si](C)(C)C)c2)c1. The molecular formula is C18H20N2O2Si. The molecule has 2 aromatic rings. The van der Waals surface area contributed by atoms with Crippen molar-refractivity contribution in [2.45, 2.75) is 19.6 Å². The van der Waals surface area contributed by atoms with Crippen molar-refractivity contribution in [3.63, 3.8) is 0 Å². The van der Waals surface area contributed by atoms with E-state index in [1.54, 1.807) is 18.3 Å². The lowest BCUT2D eigenvalue weighted by molar-refractivity contribution is 0.0601. The highest BCUT2D eigenvalue weighted by Crippen LogP contribution is 2.23. The van der Waals surface area contributed by atoms with Gasteiger partial charge in [0, 0.05) is 11.8 Å². The molecule has 118 valence electrons. The van der Waals surface area contributed by atoms with Crippen LogP contribution in [0.5, 0.6) is 0 Å². The van der Waals surface area contributed by atoms with Crippen LogP contribution in [-0.4, -0.2) is 26.1 Å². The Morgan fingerprint density at radius 2 is 1.96 bits per heavy atom. The second-order valence-electron chi connectivity index (χ2n) is 6.23. The molecule has 0 saturated carbocycles. The van der Waals surface area contributed by atoms with Crippen molar-refractivity contribution in [2.75, 3.05) is 12.8 Å². The quantitative estimate of drug-likeness (QED) is 0.523. The molecule has 23 heavy (non-hydrogen) atoms. The number of esters is 1. The molecule has 0 unspecified atom stereocenters. The Bertz CT molecular complexity index is 799. The van der Waals surface area contributed by atoms with Gasteiger partial charge in [0.1, 0.15) is 13.9 Å². The van der Waals surface area contributed by atoms with Gasteiger partial charge in [0.15, 0.2) is 0 Å². The predicted molar refractivity (Wildman–Crippen MR) is 95.6 cm³/mol. The van der Waals surface area contributed by atoms with Crippen LogP contribution in [0.2, 0.25) is 19.6 Å². The summed E-state index contributed by atoms with van der Waals surface area (Å²) in [6.07, 6.45) is 1.69. The Morgan fingerprint density at radius 3 is 2.61 bits per heavy atom. The fourth-order valence-electron chi connectivity index (χ4n) is 1.93. The lowest BCUT2D eigenvalue weighted by atomic mass is 10.0. The van der Waals surface area contributed by atoms with Crippen LogP contribution in [0.3, 0.4) is 0 Å². The van der Waals surface area contributed by atoms with Gasteiger partial charge < -0.3 is 10.5 Å². The molecule has 0 saturated heterocycles. The number of pyridine rings is 1. The van der Waals surface area contributed by atoms with Gasteiger partial charge in [-0.1, -0.05) is 37.7 Å². The average Bonchev–Trinajstić information content (AvgIpc) is 2.52. The van der Waals surface area contributed by atoms with Crippen molar-refractivity contribution in [3.8, 4) is 22.6 Å². The van der Waals surface area contributed by atoms with Crippen LogP contribution in [0.1, 0.15) is 15.9 Å². The molecule has 1 heterocycles. The van der Waals surface area contributed by atoms with E-state index in [1.807, 2.05) is 18.2 Å². The number of methoxy groups -OCH3 is 1. The van der Waals surface area contributed by atoms with E-state index in [2.05, 4.69) is 36.1 Å². The number of carbonyl (C=O) groups is 1. The fraction of sp³-hybridized carbons (Fsp3) is 0.222. The Balaban J connectivity index is 2.45. The Labute approximate surface area is 137 Å². The first-order chi connectivity index (χ1) is 10.8. The second kappa shape index (κ2) is 6.67. The molecule has 1 aromatic heterocycles. The first kappa shape index (κ1) is 16.8. The third-order valence-electron chi connectivity index (χ3n) is 3.11. The maximum absolute atomic E-state index is 11.7. The Morgan fingerprint density at radius 1 is 1.22 bits per heavy atom. The average molecular weight is 324 g/mol. The lowest BCUT2D eigenvalue weighted by Crippen LogP contribution is -2.16. The third-order valence-corrected chi connectivity index (χ3v) is 3.98. The summed E-state index contributed by atoms with van der Waals surface area (Å²) in [5.74, 6) is 3.20. The van der Waals surface area contributed by atoms with Crippen LogP contribution in [0.15, 0.2) is 36.5 Å². The summed E-state index contributed by atoms with van der Waals surface area (Å²) in [6.45, 7) is 6.52. The van der Waals surface area contributed by atoms with E-state index in [1.165, 1.54) is 7.11 Å². The highest BCUT2D eigenvalue weighted by Gasteiger charge is 2.10. The molecule has 5 heteroatoms. The summed E-state index contributed by atoms with van der Waals surface area (Å²) in [4.78, 5) is 15.9. The molecule has 4 nitrogen and oxygen atoms in total. The number of hydrogen-bond donors (Lipinski definition) is 1. The van der Waals surface area contributed by atoms with Crippen LogP contribution in [0.4, 0.5) is 5.82 Å². The molecule has 2 rings (SSSR count).